The van der Waals surface area contributed by atoms with E-state index in [4.69, 9.17) is 4.74 Å². The zero-order valence-electron chi connectivity index (χ0n) is 11.0. The van der Waals surface area contributed by atoms with Crippen LogP contribution in [0.2, 0.25) is 0 Å². The van der Waals surface area contributed by atoms with E-state index >= 15 is 0 Å². The standard InChI is InChI=1S/C15H14FNO4/c16-9-3-1-8(2-4-9)7-17-14(18)12-10-5-6-11(21-10)13(12)15(19)20/h1-6,10-13H,7H2,(H,17,18)(H,19,20)/t10-,11+,12+,13-/m1/s1. The van der Waals surface area contributed by atoms with Gasteiger partial charge in [-0.05, 0) is 17.7 Å². The van der Waals surface area contributed by atoms with Gasteiger partial charge in [-0.15, -0.1) is 0 Å². The first-order chi connectivity index (χ1) is 10.1. The monoisotopic (exact) mass is 291 g/mol. The molecule has 1 saturated heterocycles. The third-order valence-electron chi connectivity index (χ3n) is 3.87. The van der Waals surface area contributed by atoms with Crippen molar-refractivity contribution in [3.63, 3.8) is 0 Å². The molecule has 0 aromatic heterocycles. The van der Waals surface area contributed by atoms with E-state index in [1.807, 2.05) is 0 Å². The van der Waals surface area contributed by atoms with Crippen LogP contribution in [-0.2, 0) is 20.9 Å². The predicted molar refractivity (Wildman–Crippen MR) is 70.7 cm³/mol. The van der Waals surface area contributed by atoms with E-state index in [1.54, 1.807) is 24.3 Å². The Labute approximate surface area is 120 Å². The molecular formula is C15H14FNO4. The van der Waals surface area contributed by atoms with Gasteiger partial charge in [-0.3, -0.25) is 9.59 Å². The number of benzene rings is 1. The minimum Gasteiger partial charge on any atom is -0.481 e. The molecule has 2 aliphatic rings. The van der Waals surface area contributed by atoms with Crippen molar-refractivity contribution in [3.05, 3.63) is 47.8 Å². The van der Waals surface area contributed by atoms with Crippen LogP contribution in [0.1, 0.15) is 5.56 Å². The molecule has 0 saturated carbocycles. The fourth-order valence-electron chi connectivity index (χ4n) is 2.82. The smallest absolute Gasteiger partial charge is 0.310 e. The summed E-state index contributed by atoms with van der Waals surface area (Å²) in [5.41, 5.74) is 0.747. The van der Waals surface area contributed by atoms with Crippen molar-refractivity contribution in [1.82, 2.24) is 5.32 Å². The summed E-state index contributed by atoms with van der Waals surface area (Å²) >= 11 is 0. The summed E-state index contributed by atoms with van der Waals surface area (Å²) in [5.74, 6) is -3.31. The first-order valence-corrected chi connectivity index (χ1v) is 6.65. The van der Waals surface area contributed by atoms with Crippen molar-refractivity contribution in [2.24, 2.45) is 11.8 Å². The first kappa shape index (κ1) is 13.8. The fourth-order valence-corrected chi connectivity index (χ4v) is 2.82. The normalized spacial score (nSPS) is 29.6. The Morgan fingerprint density at radius 3 is 2.38 bits per heavy atom. The summed E-state index contributed by atoms with van der Waals surface area (Å²) in [7, 11) is 0. The van der Waals surface area contributed by atoms with E-state index in [0.717, 1.165) is 5.56 Å². The second kappa shape index (κ2) is 5.29. The SMILES string of the molecule is O=C(NCc1ccc(F)cc1)[C@@H]1[C@H](C(=O)O)[C@@H]2C=C[C@H]1O2. The minimum atomic E-state index is -1.03. The molecule has 0 aliphatic carbocycles. The average Bonchev–Trinajstić information content (AvgIpc) is 3.06. The number of carboxylic acid groups (broad SMARTS) is 1. The lowest BCUT2D eigenvalue weighted by Crippen LogP contribution is -2.42. The molecule has 6 heteroatoms. The summed E-state index contributed by atoms with van der Waals surface area (Å²) in [5, 5.41) is 11.9. The van der Waals surface area contributed by atoms with Crippen LogP contribution in [-0.4, -0.2) is 29.2 Å². The lowest BCUT2D eigenvalue weighted by molar-refractivity contribution is -0.146. The second-order valence-corrected chi connectivity index (χ2v) is 5.18. The van der Waals surface area contributed by atoms with Gasteiger partial charge in [0, 0.05) is 6.54 Å². The van der Waals surface area contributed by atoms with Gasteiger partial charge in [0.15, 0.2) is 0 Å². The number of aliphatic carboxylic acids is 1. The highest BCUT2D eigenvalue weighted by molar-refractivity contribution is 5.87. The molecule has 110 valence electrons. The van der Waals surface area contributed by atoms with E-state index in [-0.39, 0.29) is 18.3 Å². The van der Waals surface area contributed by atoms with Crippen LogP contribution < -0.4 is 5.32 Å². The van der Waals surface area contributed by atoms with Crippen LogP contribution in [0.15, 0.2) is 36.4 Å². The van der Waals surface area contributed by atoms with Crippen LogP contribution in [0.25, 0.3) is 0 Å². The Morgan fingerprint density at radius 2 is 1.76 bits per heavy atom. The van der Waals surface area contributed by atoms with Gasteiger partial charge in [0.1, 0.15) is 11.7 Å². The number of fused-ring (bicyclic) bond motifs is 2. The van der Waals surface area contributed by atoms with Gasteiger partial charge in [-0.2, -0.15) is 0 Å². The molecule has 1 fully saturated rings. The third-order valence-corrected chi connectivity index (χ3v) is 3.87. The summed E-state index contributed by atoms with van der Waals surface area (Å²) in [4.78, 5) is 23.5. The lowest BCUT2D eigenvalue weighted by atomic mass is 9.82. The highest BCUT2D eigenvalue weighted by atomic mass is 19.1. The number of hydrogen-bond acceptors (Lipinski definition) is 3. The van der Waals surface area contributed by atoms with Gasteiger partial charge < -0.3 is 15.2 Å². The molecule has 2 N–H and O–H groups in total. The van der Waals surface area contributed by atoms with Gasteiger partial charge in [0.2, 0.25) is 5.91 Å². The third kappa shape index (κ3) is 2.54. The maximum absolute atomic E-state index is 12.8. The van der Waals surface area contributed by atoms with Crippen LogP contribution in [0, 0.1) is 17.7 Å². The highest BCUT2D eigenvalue weighted by Crippen LogP contribution is 2.39. The zero-order valence-corrected chi connectivity index (χ0v) is 11.0. The van der Waals surface area contributed by atoms with Crippen LogP contribution in [0.5, 0.6) is 0 Å². The van der Waals surface area contributed by atoms with E-state index in [0.29, 0.717) is 0 Å². The average molecular weight is 291 g/mol. The highest BCUT2D eigenvalue weighted by Gasteiger charge is 2.53. The Hall–Kier alpha value is -2.21. The molecule has 1 aromatic carbocycles. The first-order valence-electron chi connectivity index (χ1n) is 6.65. The topological polar surface area (TPSA) is 75.6 Å². The predicted octanol–water partition coefficient (Wildman–Crippen LogP) is 1.10. The fraction of sp³-hybridized carbons (Fsp3) is 0.333. The van der Waals surface area contributed by atoms with E-state index in [1.165, 1.54) is 12.1 Å². The molecule has 1 aromatic rings. The summed E-state index contributed by atoms with van der Waals surface area (Å²) in [6, 6.07) is 5.76. The summed E-state index contributed by atoms with van der Waals surface area (Å²) in [6.45, 7) is 0.225. The minimum absolute atomic E-state index is 0.225. The number of ether oxygens (including phenoxy) is 1. The Bertz CT molecular complexity index is 598. The Morgan fingerprint density at radius 1 is 1.14 bits per heavy atom. The molecule has 4 atom stereocenters. The van der Waals surface area contributed by atoms with Gasteiger partial charge in [-0.25, -0.2) is 4.39 Å². The Balaban J connectivity index is 1.66. The van der Waals surface area contributed by atoms with Crippen molar-refractivity contribution >= 4 is 11.9 Å². The number of hydrogen-bond donors (Lipinski definition) is 2. The molecule has 2 aliphatic heterocycles. The van der Waals surface area contributed by atoms with Gasteiger partial charge >= 0.3 is 5.97 Å². The molecule has 0 unspecified atom stereocenters. The number of rotatable bonds is 4. The molecule has 3 rings (SSSR count). The van der Waals surface area contributed by atoms with Crippen molar-refractivity contribution in [1.29, 1.82) is 0 Å². The lowest BCUT2D eigenvalue weighted by Gasteiger charge is -2.21. The van der Waals surface area contributed by atoms with Crippen LogP contribution in [0.3, 0.4) is 0 Å². The maximum atomic E-state index is 12.8. The number of carbonyl (C=O) groups excluding carboxylic acids is 1. The molecule has 5 nitrogen and oxygen atoms in total. The summed E-state index contributed by atoms with van der Waals surface area (Å²) in [6.07, 6.45) is 2.40. The van der Waals surface area contributed by atoms with Crippen molar-refractivity contribution in [2.45, 2.75) is 18.8 Å². The van der Waals surface area contributed by atoms with Gasteiger partial charge in [0.25, 0.3) is 0 Å². The molecule has 1 amide bonds. The maximum Gasteiger partial charge on any atom is 0.310 e. The quantitative estimate of drug-likeness (QED) is 0.814. The van der Waals surface area contributed by atoms with Gasteiger partial charge in [-0.1, -0.05) is 24.3 Å². The molecule has 21 heavy (non-hydrogen) atoms. The van der Waals surface area contributed by atoms with E-state index < -0.39 is 30.0 Å². The van der Waals surface area contributed by atoms with Crippen molar-refractivity contribution in [2.75, 3.05) is 0 Å². The second-order valence-electron chi connectivity index (χ2n) is 5.18. The molecule has 2 heterocycles. The van der Waals surface area contributed by atoms with E-state index in [2.05, 4.69) is 5.32 Å². The zero-order chi connectivity index (χ0) is 15.0. The number of amides is 1. The largest absolute Gasteiger partial charge is 0.481 e. The van der Waals surface area contributed by atoms with E-state index in [9.17, 15) is 19.1 Å². The Kier molecular flexibility index (Phi) is 3.47. The number of nitrogens with one attached hydrogen (secondary N) is 1. The number of carboxylic acids is 1. The molecule has 2 bridgehead atoms. The van der Waals surface area contributed by atoms with Crippen LogP contribution >= 0.6 is 0 Å². The molecule has 0 spiro atoms. The molecule has 0 radical (unpaired) electrons. The van der Waals surface area contributed by atoms with Gasteiger partial charge in [0.05, 0.1) is 18.1 Å². The number of carbonyl (C=O) groups is 2. The molecular weight excluding hydrogens is 277 g/mol. The number of halogens is 1. The summed E-state index contributed by atoms with van der Waals surface area (Å²) < 4.78 is 18.2. The van der Waals surface area contributed by atoms with Crippen molar-refractivity contribution < 1.29 is 23.8 Å². The van der Waals surface area contributed by atoms with Crippen molar-refractivity contribution in [3.8, 4) is 0 Å². The van der Waals surface area contributed by atoms with Crippen LogP contribution in [0.4, 0.5) is 4.39 Å².